The van der Waals surface area contributed by atoms with Crippen molar-refractivity contribution in [3.05, 3.63) is 11.4 Å². The molecule has 0 unspecified atom stereocenters. The van der Waals surface area contributed by atoms with Gasteiger partial charge in [0.05, 0.1) is 18.0 Å². The molecule has 1 amide bonds. The van der Waals surface area contributed by atoms with Crippen LogP contribution in [0.5, 0.6) is 0 Å². The fourth-order valence-electron chi connectivity index (χ4n) is 1.72. The van der Waals surface area contributed by atoms with Crippen molar-refractivity contribution in [3.8, 4) is 0 Å². The number of amides is 1. The maximum absolute atomic E-state index is 11.9. The quantitative estimate of drug-likeness (QED) is 0.635. The highest BCUT2D eigenvalue weighted by molar-refractivity contribution is 5.97. The molecule has 0 aromatic carbocycles. The Morgan fingerprint density at radius 3 is 2.60 bits per heavy atom. The lowest BCUT2D eigenvalue weighted by Crippen LogP contribution is -2.28. The summed E-state index contributed by atoms with van der Waals surface area (Å²) in [6.07, 6.45) is 1.03. The Hall–Kier alpha value is -1.56. The highest BCUT2D eigenvalue weighted by Gasteiger charge is 2.18. The maximum atomic E-state index is 11.9. The van der Waals surface area contributed by atoms with E-state index in [0.29, 0.717) is 24.8 Å². The molecule has 0 saturated carbocycles. The molecule has 6 heteroatoms. The fraction of sp³-hybridized carbons (Fsp3) is 0.714. The van der Waals surface area contributed by atoms with E-state index in [2.05, 4.69) is 29.4 Å². The summed E-state index contributed by atoms with van der Waals surface area (Å²) in [5, 5.41) is 9.54. The number of rotatable bonds is 8. The average Bonchev–Trinajstić information content (AvgIpc) is 2.75. The van der Waals surface area contributed by atoms with E-state index in [4.69, 9.17) is 10.5 Å². The molecule has 0 aliphatic rings. The minimum absolute atomic E-state index is 0.211. The SMILES string of the molecule is CC(C)CCOCCNC(=O)c1n[nH]c(C(C)C)c1N. The first-order valence-corrected chi connectivity index (χ1v) is 7.13. The number of nitrogens with two attached hydrogens (primary N) is 1. The number of hydrogen-bond donors (Lipinski definition) is 3. The van der Waals surface area contributed by atoms with Gasteiger partial charge in [-0.25, -0.2) is 0 Å². The van der Waals surface area contributed by atoms with Crippen molar-refractivity contribution in [1.29, 1.82) is 0 Å². The smallest absolute Gasteiger partial charge is 0.274 e. The molecule has 1 aromatic heterocycles. The van der Waals surface area contributed by atoms with E-state index in [-0.39, 0.29) is 17.5 Å². The van der Waals surface area contributed by atoms with Crippen LogP contribution in [-0.4, -0.2) is 35.9 Å². The molecule has 0 fully saturated rings. The van der Waals surface area contributed by atoms with E-state index < -0.39 is 0 Å². The predicted octanol–water partition coefficient (Wildman–Crippen LogP) is 1.91. The van der Waals surface area contributed by atoms with Gasteiger partial charge in [0.15, 0.2) is 5.69 Å². The van der Waals surface area contributed by atoms with Gasteiger partial charge >= 0.3 is 0 Å². The van der Waals surface area contributed by atoms with Gasteiger partial charge in [0, 0.05) is 13.2 Å². The van der Waals surface area contributed by atoms with Crippen molar-refractivity contribution < 1.29 is 9.53 Å². The molecule has 1 aromatic rings. The summed E-state index contributed by atoms with van der Waals surface area (Å²) in [5.74, 6) is 0.574. The summed E-state index contributed by atoms with van der Waals surface area (Å²) >= 11 is 0. The number of anilines is 1. The number of ether oxygens (including phenoxy) is 1. The van der Waals surface area contributed by atoms with Gasteiger partial charge in [-0.3, -0.25) is 9.89 Å². The van der Waals surface area contributed by atoms with Crippen LogP contribution in [0.3, 0.4) is 0 Å². The van der Waals surface area contributed by atoms with Gasteiger partial charge < -0.3 is 15.8 Å². The molecule has 0 aliphatic heterocycles. The zero-order chi connectivity index (χ0) is 15.1. The average molecular weight is 282 g/mol. The normalized spacial score (nSPS) is 11.3. The van der Waals surface area contributed by atoms with E-state index in [1.807, 2.05) is 13.8 Å². The lowest BCUT2D eigenvalue weighted by molar-refractivity contribution is 0.0902. The highest BCUT2D eigenvalue weighted by atomic mass is 16.5. The summed E-state index contributed by atoms with van der Waals surface area (Å²) in [4.78, 5) is 11.9. The van der Waals surface area contributed by atoms with Gasteiger partial charge in [0.2, 0.25) is 0 Å². The minimum atomic E-state index is -0.266. The topological polar surface area (TPSA) is 93.0 Å². The third-order valence-electron chi connectivity index (χ3n) is 3.00. The van der Waals surface area contributed by atoms with Gasteiger partial charge in [0.25, 0.3) is 5.91 Å². The van der Waals surface area contributed by atoms with E-state index in [1.165, 1.54) is 0 Å². The Kier molecular flexibility index (Phi) is 6.51. The number of nitrogens with zero attached hydrogens (tertiary/aromatic N) is 1. The summed E-state index contributed by atoms with van der Waals surface area (Å²) in [6, 6.07) is 0. The van der Waals surface area contributed by atoms with Crippen LogP contribution in [0, 0.1) is 5.92 Å². The summed E-state index contributed by atoms with van der Waals surface area (Å²) in [6.45, 7) is 9.97. The van der Waals surface area contributed by atoms with Crippen molar-refractivity contribution >= 4 is 11.6 Å². The molecule has 114 valence electrons. The standard InChI is InChI=1S/C14H26N4O2/c1-9(2)5-7-20-8-6-16-14(19)13-11(15)12(10(3)4)17-18-13/h9-10H,5-8,15H2,1-4H3,(H,16,19)(H,17,18). The molecule has 4 N–H and O–H groups in total. The molecule has 0 aliphatic carbocycles. The minimum Gasteiger partial charge on any atom is -0.395 e. The molecule has 0 radical (unpaired) electrons. The first kappa shape index (κ1) is 16.5. The lowest BCUT2D eigenvalue weighted by atomic mass is 10.1. The highest BCUT2D eigenvalue weighted by Crippen LogP contribution is 2.21. The Morgan fingerprint density at radius 1 is 1.35 bits per heavy atom. The molecule has 1 rings (SSSR count). The summed E-state index contributed by atoms with van der Waals surface area (Å²) in [7, 11) is 0. The number of nitrogen functional groups attached to an aromatic ring is 1. The summed E-state index contributed by atoms with van der Waals surface area (Å²) < 4.78 is 5.43. The molecule has 0 spiro atoms. The van der Waals surface area contributed by atoms with Gasteiger partial charge in [-0.15, -0.1) is 0 Å². The molecular formula is C14H26N4O2. The number of carbonyl (C=O) groups is 1. The second-order valence-electron chi connectivity index (χ2n) is 5.61. The van der Waals surface area contributed by atoms with Crippen LogP contribution < -0.4 is 11.1 Å². The lowest BCUT2D eigenvalue weighted by Gasteiger charge is -2.07. The van der Waals surface area contributed by atoms with Crippen LogP contribution in [0.4, 0.5) is 5.69 Å². The molecule has 0 bridgehead atoms. The van der Waals surface area contributed by atoms with Crippen LogP contribution in [0.2, 0.25) is 0 Å². The van der Waals surface area contributed by atoms with Crippen molar-refractivity contribution in [2.45, 2.75) is 40.0 Å². The fourth-order valence-corrected chi connectivity index (χ4v) is 1.72. The zero-order valence-corrected chi connectivity index (χ0v) is 12.8. The van der Waals surface area contributed by atoms with Gasteiger partial charge in [0.1, 0.15) is 0 Å². The number of aromatic nitrogens is 2. The molecule has 20 heavy (non-hydrogen) atoms. The van der Waals surface area contributed by atoms with Crippen LogP contribution in [0.1, 0.15) is 56.2 Å². The van der Waals surface area contributed by atoms with Gasteiger partial charge in [-0.05, 0) is 18.3 Å². The maximum Gasteiger partial charge on any atom is 0.274 e. The van der Waals surface area contributed by atoms with Crippen molar-refractivity contribution in [3.63, 3.8) is 0 Å². The Labute approximate surface area is 120 Å². The predicted molar refractivity (Wildman–Crippen MR) is 79.7 cm³/mol. The molecule has 0 saturated heterocycles. The molecule has 6 nitrogen and oxygen atoms in total. The Balaban J connectivity index is 2.33. The van der Waals surface area contributed by atoms with Crippen molar-refractivity contribution in [2.75, 3.05) is 25.5 Å². The monoisotopic (exact) mass is 282 g/mol. The number of nitrogens with one attached hydrogen (secondary N) is 2. The van der Waals surface area contributed by atoms with Crippen LogP contribution >= 0.6 is 0 Å². The second-order valence-corrected chi connectivity index (χ2v) is 5.61. The van der Waals surface area contributed by atoms with Crippen LogP contribution in [0.25, 0.3) is 0 Å². The Morgan fingerprint density at radius 2 is 2.05 bits per heavy atom. The van der Waals surface area contributed by atoms with Gasteiger partial charge in [-0.1, -0.05) is 27.7 Å². The van der Waals surface area contributed by atoms with Gasteiger partial charge in [-0.2, -0.15) is 5.10 Å². The van der Waals surface area contributed by atoms with E-state index in [0.717, 1.165) is 18.7 Å². The largest absolute Gasteiger partial charge is 0.395 e. The van der Waals surface area contributed by atoms with Crippen LogP contribution in [-0.2, 0) is 4.74 Å². The molecule has 0 atom stereocenters. The van der Waals surface area contributed by atoms with Crippen molar-refractivity contribution in [1.82, 2.24) is 15.5 Å². The van der Waals surface area contributed by atoms with E-state index in [9.17, 15) is 4.79 Å². The summed E-state index contributed by atoms with van der Waals surface area (Å²) in [5.41, 5.74) is 7.39. The number of aromatic amines is 1. The van der Waals surface area contributed by atoms with E-state index in [1.54, 1.807) is 0 Å². The Bertz CT molecular complexity index is 427. The first-order valence-electron chi connectivity index (χ1n) is 7.13. The van der Waals surface area contributed by atoms with Crippen LogP contribution in [0.15, 0.2) is 0 Å². The second kappa shape index (κ2) is 7.89. The zero-order valence-electron chi connectivity index (χ0n) is 12.8. The van der Waals surface area contributed by atoms with Crippen molar-refractivity contribution in [2.24, 2.45) is 5.92 Å². The third-order valence-corrected chi connectivity index (χ3v) is 3.00. The number of H-pyrrole nitrogens is 1. The number of carbonyl (C=O) groups excluding carboxylic acids is 1. The molecule has 1 heterocycles. The first-order chi connectivity index (χ1) is 9.43. The molecular weight excluding hydrogens is 256 g/mol. The number of hydrogen-bond acceptors (Lipinski definition) is 4. The van der Waals surface area contributed by atoms with E-state index >= 15 is 0 Å². The third kappa shape index (κ3) is 4.85.